The first kappa shape index (κ1) is 13.6. The van der Waals surface area contributed by atoms with Crippen LogP contribution in [0.5, 0.6) is 5.75 Å². The van der Waals surface area contributed by atoms with Crippen LogP contribution < -0.4 is 5.32 Å². The number of hydrogen-bond acceptors (Lipinski definition) is 3. The average Bonchev–Trinajstić information content (AvgIpc) is 2.44. The lowest BCUT2D eigenvalue weighted by Gasteiger charge is -2.10. The number of hydrogen-bond donors (Lipinski definition) is 2. The molecule has 4 nitrogen and oxygen atoms in total. The molecule has 2 aromatic rings. The van der Waals surface area contributed by atoms with Crippen molar-refractivity contribution in [2.45, 2.75) is 13.8 Å². The SMILES string of the molecule is Cc1ccc(C#N)cc1NC(=O)c1cccc(C)c1O. The highest BCUT2D eigenvalue weighted by molar-refractivity contribution is 6.06. The number of carbonyl (C=O) groups is 1. The number of rotatable bonds is 2. The van der Waals surface area contributed by atoms with E-state index in [0.717, 1.165) is 5.56 Å². The molecule has 0 saturated heterocycles. The fourth-order valence-electron chi connectivity index (χ4n) is 1.86. The van der Waals surface area contributed by atoms with Gasteiger partial charge in [0, 0.05) is 5.69 Å². The second kappa shape index (κ2) is 5.45. The van der Waals surface area contributed by atoms with E-state index in [1.54, 1.807) is 43.3 Å². The number of para-hydroxylation sites is 1. The summed E-state index contributed by atoms with van der Waals surface area (Å²) in [6.07, 6.45) is 0. The maximum Gasteiger partial charge on any atom is 0.259 e. The molecular weight excluding hydrogens is 252 g/mol. The molecule has 100 valence electrons. The molecule has 0 bridgehead atoms. The number of aryl methyl sites for hydroxylation is 2. The van der Waals surface area contributed by atoms with Crippen LogP contribution in [0.2, 0.25) is 0 Å². The first-order chi connectivity index (χ1) is 9.52. The summed E-state index contributed by atoms with van der Waals surface area (Å²) in [5.74, 6) is -0.427. The Labute approximate surface area is 117 Å². The minimum atomic E-state index is -0.399. The molecule has 0 aliphatic rings. The minimum Gasteiger partial charge on any atom is -0.507 e. The van der Waals surface area contributed by atoms with Crippen molar-refractivity contribution in [2.75, 3.05) is 5.32 Å². The number of nitrogens with zero attached hydrogens (tertiary/aromatic N) is 1. The van der Waals surface area contributed by atoms with Crippen LogP contribution in [0.4, 0.5) is 5.69 Å². The topological polar surface area (TPSA) is 73.1 Å². The van der Waals surface area contributed by atoms with Crippen LogP contribution in [0.15, 0.2) is 36.4 Å². The molecule has 4 heteroatoms. The molecule has 0 atom stereocenters. The third-order valence-electron chi connectivity index (χ3n) is 3.10. The van der Waals surface area contributed by atoms with Crippen molar-refractivity contribution >= 4 is 11.6 Å². The highest BCUT2D eigenvalue weighted by atomic mass is 16.3. The standard InChI is InChI=1S/C16H14N2O2/c1-10-6-7-12(9-17)8-14(10)18-16(20)13-5-3-4-11(2)15(13)19/h3-8,19H,1-2H3,(H,18,20). The molecule has 2 rings (SSSR count). The summed E-state index contributed by atoms with van der Waals surface area (Å²) in [5, 5.41) is 21.5. The van der Waals surface area contributed by atoms with Crippen LogP contribution in [-0.4, -0.2) is 11.0 Å². The largest absolute Gasteiger partial charge is 0.507 e. The molecule has 0 aliphatic carbocycles. The van der Waals surface area contributed by atoms with E-state index in [1.165, 1.54) is 0 Å². The van der Waals surface area contributed by atoms with Gasteiger partial charge in [0.2, 0.25) is 0 Å². The molecule has 0 aliphatic heterocycles. The van der Waals surface area contributed by atoms with Crippen LogP contribution in [-0.2, 0) is 0 Å². The summed E-state index contributed by atoms with van der Waals surface area (Å²) in [6.45, 7) is 3.57. The number of anilines is 1. The highest BCUT2D eigenvalue weighted by Crippen LogP contribution is 2.23. The number of amides is 1. The van der Waals surface area contributed by atoms with E-state index in [4.69, 9.17) is 5.26 Å². The van der Waals surface area contributed by atoms with Crippen molar-refractivity contribution in [3.63, 3.8) is 0 Å². The molecule has 0 saturated carbocycles. The molecular formula is C16H14N2O2. The number of phenolic OH excluding ortho intramolecular Hbond substituents is 1. The summed E-state index contributed by atoms with van der Waals surface area (Å²) < 4.78 is 0. The normalized spacial score (nSPS) is 9.85. The van der Waals surface area contributed by atoms with Gasteiger partial charge in [-0.25, -0.2) is 0 Å². The quantitative estimate of drug-likeness (QED) is 0.877. The molecule has 2 aromatic carbocycles. The van der Waals surface area contributed by atoms with E-state index in [9.17, 15) is 9.90 Å². The van der Waals surface area contributed by atoms with Gasteiger partial charge in [-0.1, -0.05) is 18.2 Å². The fraction of sp³-hybridized carbons (Fsp3) is 0.125. The van der Waals surface area contributed by atoms with Gasteiger partial charge in [0.1, 0.15) is 5.75 Å². The second-order valence-corrected chi connectivity index (χ2v) is 4.57. The molecule has 0 spiro atoms. The van der Waals surface area contributed by atoms with E-state index in [1.807, 2.05) is 13.0 Å². The van der Waals surface area contributed by atoms with Gasteiger partial charge in [-0.15, -0.1) is 0 Å². The van der Waals surface area contributed by atoms with E-state index < -0.39 is 5.91 Å². The zero-order chi connectivity index (χ0) is 14.7. The number of benzene rings is 2. The van der Waals surface area contributed by atoms with Crippen molar-refractivity contribution in [1.29, 1.82) is 5.26 Å². The third kappa shape index (κ3) is 2.62. The minimum absolute atomic E-state index is 0.0286. The van der Waals surface area contributed by atoms with Gasteiger partial charge in [0.15, 0.2) is 0 Å². The molecule has 0 fully saturated rings. The Balaban J connectivity index is 2.33. The second-order valence-electron chi connectivity index (χ2n) is 4.57. The zero-order valence-corrected chi connectivity index (χ0v) is 11.3. The Morgan fingerprint density at radius 1 is 1.20 bits per heavy atom. The van der Waals surface area contributed by atoms with Crippen molar-refractivity contribution in [3.05, 3.63) is 58.7 Å². The number of carbonyl (C=O) groups excluding carboxylic acids is 1. The maximum absolute atomic E-state index is 12.2. The van der Waals surface area contributed by atoms with Crippen LogP contribution >= 0.6 is 0 Å². The van der Waals surface area contributed by atoms with Crippen molar-refractivity contribution in [3.8, 4) is 11.8 Å². The lowest BCUT2D eigenvalue weighted by Crippen LogP contribution is -2.13. The van der Waals surface area contributed by atoms with Gasteiger partial charge >= 0.3 is 0 Å². The van der Waals surface area contributed by atoms with E-state index in [-0.39, 0.29) is 11.3 Å². The molecule has 0 heterocycles. The predicted octanol–water partition coefficient (Wildman–Crippen LogP) is 3.13. The summed E-state index contributed by atoms with van der Waals surface area (Å²) in [5.41, 5.74) is 2.74. The van der Waals surface area contributed by atoms with Crippen molar-refractivity contribution < 1.29 is 9.90 Å². The summed E-state index contributed by atoms with van der Waals surface area (Å²) >= 11 is 0. The Morgan fingerprint density at radius 3 is 2.65 bits per heavy atom. The third-order valence-corrected chi connectivity index (χ3v) is 3.10. The predicted molar refractivity (Wildman–Crippen MR) is 76.7 cm³/mol. The summed E-state index contributed by atoms with van der Waals surface area (Å²) in [4.78, 5) is 12.2. The Hall–Kier alpha value is -2.80. The van der Waals surface area contributed by atoms with Crippen molar-refractivity contribution in [1.82, 2.24) is 0 Å². The Kier molecular flexibility index (Phi) is 3.72. The van der Waals surface area contributed by atoms with Crippen LogP contribution in [0.3, 0.4) is 0 Å². The van der Waals surface area contributed by atoms with E-state index in [2.05, 4.69) is 5.32 Å². The average molecular weight is 266 g/mol. The van der Waals surface area contributed by atoms with Crippen LogP contribution in [0.25, 0.3) is 0 Å². The van der Waals surface area contributed by atoms with Gasteiger partial charge in [-0.2, -0.15) is 5.26 Å². The number of nitrogens with one attached hydrogen (secondary N) is 1. The lowest BCUT2D eigenvalue weighted by molar-refractivity contribution is 0.102. The molecule has 1 amide bonds. The fourth-order valence-corrected chi connectivity index (χ4v) is 1.86. The highest BCUT2D eigenvalue weighted by Gasteiger charge is 2.13. The Morgan fingerprint density at radius 2 is 1.95 bits per heavy atom. The summed E-state index contributed by atoms with van der Waals surface area (Å²) in [7, 11) is 0. The number of aromatic hydroxyl groups is 1. The molecule has 0 unspecified atom stereocenters. The van der Waals surface area contributed by atoms with Gasteiger partial charge in [-0.3, -0.25) is 4.79 Å². The number of nitriles is 1. The van der Waals surface area contributed by atoms with Gasteiger partial charge in [0.05, 0.1) is 17.2 Å². The van der Waals surface area contributed by atoms with Gasteiger partial charge in [-0.05, 0) is 43.2 Å². The Bertz CT molecular complexity index is 715. The lowest BCUT2D eigenvalue weighted by atomic mass is 10.1. The molecule has 2 N–H and O–H groups in total. The number of phenols is 1. The first-order valence-electron chi connectivity index (χ1n) is 6.13. The van der Waals surface area contributed by atoms with E-state index in [0.29, 0.717) is 16.8 Å². The van der Waals surface area contributed by atoms with E-state index >= 15 is 0 Å². The van der Waals surface area contributed by atoms with Crippen molar-refractivity contribution in [2.24, 2.45) is 0 Å². The van der Waals surface area contributed by atoms with Gasteiger partial charge in [0.25, 0.3) is 5.91 Å². The molecule has 20 heavy (non-hydrogen) atoms. The monoisotopic (exact) mass is 266 g/mol. The van der Waals surface area contributed by atoms with Crippen LogP contribution in [0.1, 0.15) is 27.0 Å². The summed E-state index contributed by atoms with van der Waals surface area (Å²) in [6, 6.07) is 12.1. The molecule has 0 aromatic heterocycles. The molecule has 0 radical (unpaired) electrons. The maximum atomic E-state index is 12.2. The van der Waals surface area contributed by atoms with Crippen LogP contribution in [0, 0.1) is 25.2 Å². The van der Waals surface area contributed by atoms with Gasteiger partial charge < -0.3 is 10.4 Å². The first-order valence-corrected chi connectivity index (χ1v) is 6.13. The zero-order valence-electron chi connectivity index (χ0n) is 11.3. The smallest absolute Gasteiger partial charge is 0.259 e.